The van der Waals surface area contributed by atoms with Crippen molar-refractivity contribution in [1.82, 2.24) is 0 Å². The summed E-state index contributed by atoms with van der Waals surface area (Å²) >= 11 is 3.44. The SMILES string of the molecule is CCCCCCCCCC(=O)C(Br)(C(=O)CCCCCCCCC)C(=O)CCCCCCCCC. The van der Waals surface area contributed by atoms with Gasteiger partial charge in [0.25, 0.3) is 0 Å². The van der Waals surface area contributed by atoms with Gasteiger partial charge in [0.2, 0.25) is 0 Å². The summed E-state index contributed by atoms with van der Waals surface area (Å²) in [5, 5.41) is 0. The lowest BCUT2D eigenvalue weighted by Gasteiger charge is -2.24. The quantitative estimate of drug-likeness (QED) is 0.0573. The van der Waals surface area contributed by atoms with Crippen LogP contribution in [-0.4, -0.2) is 21.7 Å². The van der Waals surface area contributed by atoms with E-state index in [9.17, 15) is 14.4 Å². The second kappa shape index (κ2) is 23.9. The standard InChI is InChI=1S/C31H57BrO3/c1-4-7-10-13-16-19-22-25-28(33)31(32,29(34)26-23-20-17-14-11-8-5-2)30(35)27-24-21-18-15-12-9-6-3/h4-27H2,1-3H3. The summed E-state index contributed by atoms with van der Waals surface area (Å²) in [5.41, 5.74) is 0. The van der Waals surface area contributed by atoms with Crippen molar-refractivity contribution in [1.29, 1.82) is 0 Å². The minimum Gasteiger partial charge on any atom is -0.297 e. The molecule has 0 N–H and O–H groups in total. The van der Waals surface area contributed by atoms with Gasteiger partial charge in [-0.25, -0.2) is 0 Å². The summed E-state index contributed by atoms with van der Waals surface area (Å²) in [5.74, 6) is -0.606. The number of halogens is 1. The molecule has 3 nitrogen and oxygen atoms in total. The highest BCUT2D eigenvalue weighted by Crippen LogP contribution is 2.30. The van der Waals surface area contributed by atoms with Crippen molar-refractivity contribution in [2.45, 2.75) is 179 Å². The van der Waals surface area contributed by atoms with Crippen LogP contribution in [-0.2, 0) is 14.4 Å². The Kier molecular flexibility index (Phi) is 23.5. The zero-order valence-electron chi connectivity index (χ0n) is 23.6. The van der Waals surface area contributed by atoms with E-state index >= 15 is 0 Å². The Balaban J connectivity index is 4.72. The van der Waals surface area contributed by atoms with Crippen LogP contribution in [0.3, 0.4) is 0 Å². The van der Waals surface area contributed by atoms with Crippen LogP contribution in [0.2, 0.25) is 0 Å². The highest BCUT2D eigenvalue weighted by atomic mass is 79.9. The maximum atomic E-state index is 13.2. The van der Waals surface area contributed by atoms with E-state index in [1.165, 1.54) is 77.0 Å². The van der Waals surface area contributed by atoms with Crippen molar-refractivity contribution in [3.8, 4) is 0 Å². The van der Waals surface area contributed by atoms with Crippen LogP contribution in [0.4, 0.5) is 0 Å². The first-order valence-corrected chi connectivity index (χ1v) is 16.0. The highest BCUT2D eigenvalue weighted by molar-refractivity contribution is 9.11. The summed E-state index contributed by atoms with van der Waals surface area (Å²) in [4.78, 5) is 39.6. The highest BCUT2D eigenvalue weighted by Gasteiger charge is 2.47. The average Bonchev–Trinajstić information content (AvgIpc) is 2.86. The molecule has 0 amide bonds. The number of rotatable bonds is 27. The number of unbranched alkanes of at least 4 members (excludes halogenated alkanes) is 18. The molecule has 206 valence electrons. The van der Waals surface area contributed by atoms with Gasteiger partial charge in [-0.15, -0.1) is 0 Å². The predicted octanol–water partition coefficient (Wildman–Crippen LogP) is 10.2. The van der Waals surface area contributed by atoms with Crippen molar-refractivity contribution >= 4 is 33.3 Å². The van der Waals surface area contributed by atoms with Gasteiger partial charge in [0.05, 0.1) is 0 Å². The number of carbonyl (C=O) groups is 3. The molecule has 0 aromatic carbocycles. The number of hydrogen-bond donors (Lipinski definition) is 0. The smallest absolute Gasteiger partial charge is 0.199 e. The first-order chi connectivity index (χ1) is 16.9. The fraction of sp³-hybridized carbons (Fsp3) is 0.903. The first-order valence-electron chi connectivity index (χ1n) is 15.2. The molecule has 0 heterocycles. The molecule has 0 saturated carbocycles. The molecule has 0 aromatic rings. The molecular formula is C31H57BrO3. The van der Waals surface area contributed by atoms with E-state index in [4.69, 9.17) is 0 Å². The van der Waals surface area contributed by atoms with E-state index in [1.807, 2.05) is 0 Å². The molecule has 0 bridgehead atoms. The Labute approximate surface area is 226 Å². The minimum atomic E-state index is -1.60. The molecule has 0 unspecified atom stereocenters. The lowest BCUT2D eigenvalue weighted by Crippen LogP contribution is -2.48. The van der Waals surface area contributed by atoms with Gasteiger partial charge in [0.15, 0.2) is 21.7 Å². The molecule has 0 rings (SSSR count). The van der Waals surface area contributed by atoms with Crippen LogP contribution >= 0.6 is 15.9 Å². The van der Waals surface area contributed by atoms with Crippen molar-refractivity contribution in [3.63, 3.8) is 0 Å². The monoisotopic (exact) mass is 556 g/mol. The van der Waals surface area contributed by atoms with Crippen LogP contribution in [0.5, 0.6) is 0 Å². The third-order valence-electron chi connectivity index (χ3n) is 7.17. The summed E-state index contributed by atoms with van der Waals surface area (Å²) < 4.78 is -1.60. The topological polar surface area (TPSA) is 51.2 Å². The van der Waals surface area contributed by atoms with Gasteiger partial charge >= 0.3 is 0 Å². The molecule has 0 aromatic heterocycles. The molecular weight excluding hydrogens is 500 g/mol. The van der Waals surface area contributed by atoms with Gasteiger partial charge in [0.1, 0.15) is 0 Å². The van der Waals surface area contributed by atoms with Gasteiger partial charge < -0.3 is 0 Å². The number of Topliss-reactive ketones (excluding diaryl/α,β-unsaturated/α-hetero) is 3. The third-order valence-corrected chi connectivity index (χ3v) is 8.50. The van der Waals surface area contributed by atoms with Gasteiger partial charge in [0, 0.05) is 19.3 Å². The maximum Gasteiger partial charge on any atom is 0.199 e. The lowest BCUT2D eigenvalue weighted by molar-refractivity contribution is -0.137. The first kappa shape index (κ1) is 34.5. The van der Waals surface area contributed by atoms with Crippen molar-refractivity contribution in [3.05, 3.63) is 0 Å². The Bertz CT molecular complexity index is 469. The molecule has 35 heavy (non-hydrogen) atoms. The Morgan fingerprint density at radius 2 is 0.600 bits per heavy atom. The molecule has 0 atom stereocenters. The Hall–Kier alpha value is -0.510. The second-order valence-electron chi connectivity index (χ2n) is 10.5. The van der Waals surface area contributed by atoms with Crippen molar-refractivity contribution in [2.75, 3.05) is 0 Å². The van der Waals surface area contributed by atoms with Crippen LogP contribution in [0, 0.1) is 0 Å². The Morgan fingerprint density at radius 1 is 0.400 bits per heavy atom. The van der Waals surface area contributed by atoms with Crippen LogP contribution in [0.25, 0.3) is 0 Å². The van der Waals surface area contributed by atoms with Gasteiger partial charge in [-0.2, -0.15) is 0 Å². The van der Waals surface area contributed by atoms with Gasteiger partial charge in [-0.1, -0.05) is 152 Å². The molecule has 0 aliphatic rings. The number of ketones is 3. The molecule has 0 aliphatic heterocycles. The van der Waals surface area contributed by atoms with E-state index in [2.05, 4.69) is 36.7 Å². The molecule has 0 radical (unpaired) electrons. The third kappa shape index (κ3) is 16.8. The molecule has 0 spiro atoms. The van der Waals surface area contributed by atoms with Gasteiger partial charge in [-0.05, 0) is 19.3 Å². The van der Waals surface area contributed by atoms with E-state index in [-0.39, 0.29) is 17.3 Å². The van der Waals surface area contributed by atoms with Crippen LogP contribution in [0.1, 0.15) is 175 Å². The van der Waals surface area contributed by atoms with Crippen molar-refractivity contribution < 1.29 is 14.4 Å². The van der Waals surface area contributed by atoms with Crippen LogP contribution < -0.4 is 0 Å². The normalized spacial score (nSPS) is 11.7. The van der Waals surface area contributed by atoms with E-state index in [1.54, 1.807) is 0 Å². The zero-order chi connectivity index (χ0) is 26.2. The fourth-order valence-corrected chi connectivity index (χ4v) is 5.31. The average molecular weight is 558 g/mol. The summed E-state index contributed by atoms with van der Waals surface area (Å²) in [6.07, 6.45) is 24.5. The Morgan fingerprint density at radius 3 is 0.829 bits per heavy atom. The number of hydrogen-bond acceptors (Lipinski definition) is 3. The van der Waals surface area contributed by atoms with Crippen molar-refractivity contribution in [2.24, 2.45) is 0 Å². The largest absolute Gasteiger partial charge is 0.297 e. The maximum absolute atomic E-state index is 13.2. The van der Waals surface area contributed by atoms with E-state index in [0.717, 1.165) is 57.8 Å². The molecule has 0 aliphatic carbocycles. The number of alkyl halides is 1. The van der Waals surface area contributed by atoms with E-state index < -0.39 is 4.32 Å². The summed E-state index contributed by atoms with van der Waals surface area (Å²) in [6, 6.07) is 0. The lowest BCUT2D eigenvalue weighted by atomic mass is 9.86. The predicted molar refractivity (Wildman–Crippen MR) is 155 cm³/mol. The summed E-state index contributed by atoms with van der Waals surface area (Å²) in [6.45, 7) is 6.63. The zero-order valence-corrected chi connectivity index (χ0v) is 25.2. The second-order valence-corrected chi connectivity index (χ2v) is 11.7. The number of carbonyl (C=O) groups excluding carboxylic acids is 3. The van der Waals surface area contributed by atoms with Gasteiger partial charge in [-0.3, -0.25) is 14.4 Å². The molecule has 0 fully saturated rings. The van der Waals surface area contributed by atoms with E-state index in [0.29, 0.717) is 19.3 Å². The molecule has 0 saturated heterocycles. The minimum absolute atomic E-state index is 0.202. The van der Waals surface area contributed by atoms with Crippen LogP contribution in [0.15, 0.2) is 0 Å². The summed E-state index contributed by atoms with van der Waals surface area (Å²) in [7, 11) is 0. The fourth-order valence-electron chi connectivity index (χ4n) is 4.71. The molecule has 4 heteroatoms.